The number of nitrogens with one attached hydrogen (secondary N) is 2. The maximum atomic E-state index is 14.0. The topological polar surface area (TPSA) is 59.0 Å². The maximum Gasteiger partial charge on any atom is 0.228 e. The quantitative estimate of drug-likeness (QED) is 0.897. The SMILES string of the molecule is Cl.Cl.O=C(Nc1ccc(-n2cccn2)c(F)c1)C1CCNC1. The molecule has 0 aliphatic carbocycles. The van der Waals surface area contributed by atoms with Crippen LogP contribution in [-0.4, -0.2) is 28.8 Å². The van der Waals surface area contributed by atoms with E-state index in [0.717, 1.165) is 13.0 Å². The maximum absolute atomic E-state index is 14.0. The number of anilines is 1. The zero-order valence-corrected chi connectivity index (χ0v) is 13.3. The van der Waals surface area contributed by atoms with Gasteiger partial charge in [0.05, 0.1) is 5.92 Å². The van der Waals surface area contributed by atoms with Crippen LogP contribution in [0, 0.1) is 11.7 Å². The van der Waals surface area contributed by atoms with Crippen molar-refractivity contribution < 1.29 is 9.18 Å². The average Bonchev–Trinajstić information content (AvgIpc) is 3.12. The van der Waals surface area contributed by atoms with Gasteiger partial charge in [-0.3, -0.25) is 4.79 Å². The van der Waals surface area contributed by atoms with E-state index in [9.17, 15) is 9.18 Å². The normalized spacial score (nSPS) is 16.5. The standard InChI is InChI=1S/C14H15FN4O.2ClH/c15-12-8-11(18-14(20)10-4-6-16-9-10)2-3-13(12)19-7-1-5-17-19;;/h1-3,5,7-8,10,16H,4,6,9H2,(H,18,20);2*1H. The van der Waals surface area contributed by atoms with Crippen LogP contribution in [0.1, 0.15) is 6.42 Å². The van der Waals surface area contributed by atoms with Crippen LogP contribution in [0.3, 0.4) is 0 Å². The zero-order valence-electron chi connectivity index (χ0n) is 11.7. The van der Waals surface area contributed by atoms with Crippen molar-refractivity contribution in [1.29, 1.82) is 0 Å². The summed E-state index contributed by atoms with van der Waals surface area (Å²) in [5.41, 5.74) is 0.825. The van der Waals surface area contributed by atoms with Crippen LogP contribution < -0.4 is 10.6 Å². The summed E-state index contributed by atoms with van der Waals surface area (Å²) in [4.78, 5) is 11.9. The lowest BCUT2D eigenvalue weighted by Crippen LogP contribution is -2.24. The van der Waals surface area contributed by atoms with Gasteiger partial charge in [-0.1, -0.05) is 0 Å². The molecule has 1 aromatic carbocycles. The van der Waals surface area contributed by atoms with E-state index in [-0.39, 0.29) is 36.6 Å². The molecule has 2 heterocycles. The molecule has 1 unspecified atom stereocenters. The molecule has 3 rings (SSSR count). The molecule has 1 fully saturated rings. The van der Waals surface area contributed by atoms with E-state index in [1.165, 1.54) is 10.7 Å². The Balaban J connectivity index is 0.00000121. The molecular weight excluding hydrogens is 330 g/mol. The Kier molecular flexibility index (Phi) is 6.80. The number of nitrogens with zero attached hydrogens (tertiary/aromatic N) is 2. The number of amides is 1. The monoisotopic (exact) mass is 346 g/mol. The van der Waals surface area contributed by atoms with Gasteiger partial charge in [0.15, 0.2) is 5.82 Å². The van der Waals surface area contributed by atoms with Gasteiger partial charge in [-0.15, -0.1) is 24.8 Å². The first-order chi connectivity index (χ1) is 9.74. The number of hydrogen-bond donors (Lipinski definition) is 2. The van der Waals surface area contributed by atoms with E-state index >= 15 is 0 Å². The number of benzene rings is 1. The van der Waals surface area contributed by atoms with Gasteiger partial charge in [0, 0.05) is 24.6 Å². The van der Waals surface area contributed by atoms with Crippen LogP contribution in [0.5, 0.6) is 0 Å². The first-order valence-corrected chi connectivity index (χ1v) is 6.55. The minimum absolute atomic E-state index is 0. The highest BCUT2D eigenvalue weighted by Crippen LogP contribution is 2.19. The first kappa shape index (κ1) is 18.4. The molecule has 1 saturated heterocycles. The van der Waals surface area contributed by atoms with Crippen LogP contribution in [0.2, 0.25) is 0 Å². The highest BCUT2D eigenvalue weighted by Gasteiger charge is 2.22. The molecule has 8 heteroatoms. The van der Waals surface area contributed by atoms with Gasteiger partial charge in [-0.2, -0.15) is 5.10 Å². The summed E-state index contributed by atoms with van der Waals surface area (Å²) in [5.74, 6) is -0.527. The number of rotatable bonds is 3. The minimum atomic E-state index is -0.420. The van der Waals surface area contributed by atoms with E-state index in [4.69, 9.17) is 0 Å². The van der Waals surface area contributed by atoms with Gasteiger partial charge in [0.1, 0.15) is 5.69 Å². The molecule has 1 aromatic heterocycles. The lowest BCUT2D eigenvalue weighted by Gasteiger charge is -2.11. The van der Waals surface area contributed by atoms with Crippen molar-refractivity contribution in [1.82, 2.24) is 15.1 Å². The van der Waals surface area contributed by atoms with Gasteiger partial charge < -0.3 is 10.6 Å². The third-order valence-corrected chi connectivity index (χ3v) is 3.40. The Labute approximate surface area is 140 Å². The minimum Gasteiger partial charge on any atom is -0.326 e. The highest BCUT2D eigenvalue weighted by molar-refractivity contribution is 5.93. The van der Waals surface area contributed by atoms with Crippen molar-refractivity contribution in [2.45, 2.75) is 6.42 Å². The van der Waals surface area contributed by atoms with Crippen LogP contribution >= 0.6 is 24.8 Å². The van der Waals surface area contributed by atoms with Crippen molar-refractivity contribution in [3.8, 4) is 5.69 Å². The molecule has 0 spiro atoms. The molecule has 5 nitrogen and oxygen atoms in total. The second-order valence-corrected chi connectivity index (χ2v) is 4.80. The summed E-state index contributed by atoms with van der Waals surface area (Å²) in [6, 6.07) is 6.32. The predicted molar refractivity (Wildman–Crippen MR) is 87.6 cm³/mol. The fraction of sp³-hybridized carbons (Fsp3) is 0.286. The number of halogens is 3. The molecule has 0 radical (unpaired) electrons. The molecule has 0 bridgehead atoms. The van der Waals surface area contributed by atoms with Gasteiger partial charge >= 0.3 is 0 Å². The molecule has 1 aliphatic heterocycles. The molecule has 2 N–H and O–H groups in total. The average molecular weight is 347 g/mol. The lowest BCUT2D eigenvalue weighted by molar-refractivity contribution is -0.119. The zero-order chi connectivity index (χ0) is 13.9. The third kappa shape index (κ3) is 3.97. The van der Waals surface area contributed by atoms with E-state index in [0.29, 0.717) is 17.9 Å². The molecule has 1 atom stereocenters. The Morgan fingerprint density at radius 3 is 2.82 bits per heavy atom. The number of carbonyl (C=O) groups is 1. The Hall–Kier alpha value is -1.63. The fourth-order valence-electron chi connectivity index (χ4n) is 2.30. The van der Waals surface area contributed by atoms with Gasteiger partial charge in [0.25, 0.3) is 0 Å². The lowest BCUT2D eigenvalue weighted by atomic mass is 10.1. The predicted octanol–water partition coefficient (Wildman–Crippen LogP) is 2.40. The summed E-state index contributed by atoms with van der Waals surface area (Å²) >= 11 is 0. The smallest absolute Gasteiger partial charge is 0.228 e. The molecule has 22 heavy (non-hydrogen) atoms. The largest absolute Gasteiger partial charge is 0.326 e. The second-order valence-electron chi connectivity index (χ2n) is 4.80. The van der Waals surface area contributed by atoms with Crippen LogP contribution in [0.4, 0.5) is 10.1 Å². The molecule has 1 amide bonds. The summed E-state index contributed by atoms with van der Waals surface area (Å²) in [6.07, 6.45) is 4.07. The van der Waals surface area contributed by atoms with Gasteiger partial charge in [-0.05, 0) is 37.2 Å². The van der Waals surface area contributed by atoms with E-state index in [2.05, 4.69) is 15.7 Å². The van der Waals surface area contributed by atoms with E-state index in [1.54, 1.807) is 30.6 Å². The molecule has 2 aromatic rings. The van der Waals surface area contributed by atoms with Crippen molar-refractivity contribution in [2.24, 2.45) is 5.92 Å². The Morgan fingerprint density at radius 1 is 1.41 bits per heavy atom. The Morgan fingerprint density at radius 2 is 2.23 bits per heavy atom. The van der Waals surface area contributed by atoms with E-state index < -0.39 is 5.82 Å². The van der Waals surface area contributed by atoms with Crippen molar-refractivity contribution in [3.63, 3.8) is 0 Å². The number of aromatic nitrogens is 2. The highest BCUT2D eigenvalue weighted by atomic mass is 35.5. The number of carbonyl (C=O) groups excluding carboxylic acids is 1. The summed E-state index contributed by atoms with van der Waals surface area (Å²) in [6.45, 7) is 1.53. The van der Waals surface area contributed by atoms with E-state index in [1.807, 2.05) is 0 Å². The number of hydrogen-bond acceptors (Lipinski definition) is 3. The second kappa shape index (κ2) is 8.12. The van der Waals surface area contributed by atoms with Gasteiger partial charge in [0.2, 0.25) is 5.91 Å². The third-order valence-electron chi connectivity index (χ3n) is 3.40. The fourth-order valence-corrected chi connectivity index (χ4v) is 2.30. The van der Waals surface area contributed by atoms with Gasteiger partial charge in [-0.25, -0.2) is 9.07 Å². The first-order valence-electron chi connectivity index (χ1n) is 6.55. The van der Waals surface area contributed by atoms with Crippen LogP contribution in [0.15, 0.2) is 36.7 Å². The molecule has 120 valence electrons. The van der Waals surface area contributed by atoms with Crippen LogP contribution in [0.25, 0.3) is 5.69 Å². The van der Waals surface area contributed by atoms with Crippen molar-refractivity contribution in [2.75, 3.05) is 18.4 Å². The molecule has 0 saturated carbocycles. The van der Waals surface area contributed by atoms with Crippen LogP contribution in [-0.2, 0) is 4.79 Å². The Bertz CT molecular complexity index is 615. The van der Waals surface area contributed by atoms with Crippen molar-refractivity contribution >= 4 is 36.4 Å². The molecular formula is C14H17Cl2FN4O. The summed E-state index contributed by atoms with van der Waals surface area (Å²) in [5, 5.41) is 9.86. The van der Waals surface area contributed by atoms with Crippen molar-refractivity contribution in [3.05, 3.63) is 42.5 Å². The molecule has 1 aliphatic rings. The summed E-state index contributed by atoms with van der Waals surface area (Å²) in [7, 11) is 0. The summed E-state index contributed by atoms with van der Waals surface area (Å²) < 4.78 is 15.5.